The molecule has 7 nitrogen and oxygen atoms in total. The van der Waals surface area contributed by atoms with Crippen LogP contribution in [-0.4, -0.2) is 39.1 Å². The van der Waals surface area contributed by atoms with Gasteiger partial charge in [-0.15, -0.1) is 0 Å². The first-order chi connectivity index (χ1) is 13.1. The molecule has 0 saturated carbocycles. The van der Waals surface area contributed by atoms with Crippen molar-refractivity contribution in [2.24, 2.45) is 0 Å². The maximum Gasteiger partial charge on any atom is 0.262 e. The number of benzene rings is 2. The number of amides is 1. The molecule has 1 N–H and O–H groups in total. The van der Waals surface area contributed by atoms with Crippen molar-refractivity contribution in [3.05, 3.63) is 42.0 Å². The molecule has 0 saturated heterocycles. The van der Waals surface area contributed by atoms with Gasteiger partial charge in [-0.05, 0) is 44.2 Å². The number of aldehydes is 1. The molecule has 0 heterocycles. The Kier molecular flexibility index (Phi) is 7.49. The van der Waals surface area contributed by atoms with Crippen LogP contribution in [0.5, 0.6) is 23.0 Å². The first-order valence-electron chi connectivity index (χ1n) is 8.56. The number of carbonyl (C=O) groups is 2. The van der Waals surface area contributed by atoms with Crippen molar-refractivity contribution in [3.8, 4) is 23.0 Å². The molecule has 0 aliphatic rings. The van der Waals surface area contributed by atoms with Crippen LogP contribution in [0.1, 0.15) is 24.2 Å². The molecule has 0 bridgehead atoms. The van der Waals surface area contributed by atoms with Crippen LogP contribution in [-0.2, 0) is 4.79 Å². The summed E-state index contributed by atoms with van der Waals surface area (Å²) in [6.45, 7) is 4.55. The Morgan fingerprint density at radius 3 is 2.26 bits per heavy atom. The number of carbonyl (C=O) groups excluding carboxylic acids is 2. The summed E-state index contributed by atoms with van der Waals surface area (Å²) in [5, 5.41) is 2.74. The molecular weight excluding hydrogens is 350 g/mol. The van der Waals surface area contributed by atoms with Gasteiger partial charge < -0.3 is 24.3 Å². The zero-order valence-corrected chi connectivity index (χ0v) is 15.6. The van der Waals surface area contributed by atoms with Gasteiger partial charge in [-0.25, -0.2) is 0 Å². The fourth-order valence-electron chi connectivity index (χ4n) is 2.35. The molecule has 1 amide bonds. The summed E-state index contributed by atoms with van der Waals surface area (Å²) >= 11 is 0. The molecule has 2 rings (SSSR count). The number of nitrogens with one attached hydrogen (secondary N) is 1. The lowest BCUT2D eigenvalue weighted by molar-refractivity contribution is -0.118. The summed E-state index contributed by atoms with van der Waals surface area (Å²) in [6.07, 6.45) is 0.709. The smallest absolute Gasteiger partial charge is 0.262 e. The molecule has 0 radical (unpaired) electrons. The number of hydrogen-bond donors (Lipinski definition) is 1. The van der Waals surface area contributed by atoms with E-state index in [9.17, 15) is 9.59 Å². The Balaban J connectivity index is 2.01. The quantitative estimate of drug-likeness (QED) is 0.643. The van der Waals surface area contributed by atoms with Crippen LogP contribution < -0.4 is 24.3 Å². The van der Waals surface area contributed by atoms with Crippen molar-refractivity contribution in [1.82, 2.24) is 0 Å². The van der Waals surface area contributed by atoms with E-state index in [2.05, 4.69) is 5.32 Å². The summed E-state index contributed by atoms with van der Waals surface area (Å²) in [5.41, 5.74) is 1.03. The van der Waals surface area contributed by atoms with Gasteiger partial charge in [0.2, 0.25) is 0 Å². The van der Waals surface area contributed by atoms with Gasteiger partial charge in [0.25, 0.3) is 5.91 Å². The fraction of sp³-hybridized carbons (Fsp3) is 0.300. The zero-order chi connectivity index (χ0) is 19.6. The van der Waals surface area contributed by atoms with Crippen molar-refractivity contribution in [2.75, 3.05) is 32.2 Å². The minimum atomic E-state index is -0.344. The fourth-order valence-corrected chi connectivity index (χ4v) is 2.35. The highest BCUT2D eigenvalue weighted by atomic mass is 16.5. The second-order valence-electron chi connectivity index (χ2n) is 5.39. The van der Waals surface area contributed by atoms with Gasteiger partial charge in [-0.3, -0.25) is 9.59 Å². The van der Waals surface area contributed by atoms with Crippen LogP contribution in [0, 0.1) is 0 Å². The number of anilines is 1. The van der Waals surface area contributed by atoms with Crippen LogP contribution in [0.3, 0.4) is 0 Å². The number of ether oxygens (including phenoxy) is 4. The molecule has 7 heteroatoms. The SMILES string of the molecule is CCOc1ccc(NC(=O)COc2ccc(C=O)cc2OC)cc1OCC. The predicted molar refractivity (Wildman–Crippen MR) is 101 cm³/mol. The monoisotopic (exact) mass is 373 g/mol. The first kappa shape index (κ1) is 20.1. The minimum absolute atomic E-state index is 0.214. The third-order valence-electron chi connectivity index (χ3n) is 3.51. The Morgan fingerprint density at radius 1 is 0.926 bits per heavy atom. The summed E-state index contributed by atoms with van der Waals surface area (Å²) in [5.74, 6) is 1.59. The van der Waals surface area contributed by atoms with Crippen LogP contribution in [0.2, 0.25) is 0 Å². The molecular formula is C20H23NO6. The van der Waals surface area contributed by atoms with Crippen molar-refractivity contribution in [2.45, 2.75) is 13.8 Å². The molecule has 0 spiro atoms. The molecule has 27 heavy (non-hydrogen) atoms. The van der Waals surface area contributed by atoms with E-state index in [1.54, 1.807) is 36.4 Å². The highest BCUT2D eigenvalue weighted by Gasteiger charge is 2.11. The van der Waals surface area contributed by atoms with E-state index in [1.807, 2.05) is 13.8 Å². The molecule has 2 aromatic rings. The van der Waals surface area contributed by atoms with Gasteiger partial charge in [0.05, 0.1) is 20.3 Å². The summed E-state index contributed by atoms with van der Waals surface area (Å²) in [7, 11) is 1.46. The van der Waals surface area contributed by atoms with E-state index in [1.165, 1.54) is 7.11 Å². The van der Waals surface area contributed by atoms with Gasteiger partial charge in [0, 0.05) is 17.3 Å². The molecule has 0 unspecified atom stereocenters. The van der Waals surface area contributed by atoms with Crippen LogP contribution >= 0.6 is 0 Å². The number of methoxy groups -OCH3 is 1. The lowest BCUT2D eigenvalue weighted by Crippen LogP contribution is -2.20. The topological polar surface area (TPSA) is 83.1 Å². The normalized spacial score (nSPS) is 10.0. The maximum absolute atomic E-state index is 12.2. The van der Waals surface area contributed by atoms with E-state index in [-0.39, 0.29) is 12.5 Å². The van der Waals surface area contributed by atoms with Crippen molar-refractivity contribution in [3.63, 3.8) is 0 Å². The van der Waals surface area contributed by atoms with Crippen LogP contribution in [0.4, 0.5) is 5.69 Å². The lowest BCUT2D eigenvalue weighted by atomic mass is 10.2. The average molecular weight is 373 g/mol. The Bertz CT molecular complexity index is 790. The van der Waals surface area contributed by atoms with Gasteiger partial charge in [0.15, 0.2) is 29.6 Å². The second-order valence-corrected chi connectivity index (χ2v) is 5.39. The lowest BCUT2D eigenvalue weighted by Gasteiger charge is -2.14. The second kappa shape index (κ2) is 10.1. The Hall–Kier alpha value is -3.22. The van der Waals surface area contributed by atoms with Crippen LogP contribution in [0.15, 0.2) is 36.4 Å². The maximum atomic E-state index is 12.2. The average Bonchev–Trinajstić information content (AvgIpc) is 2.68. The molecule has 144 valence electrons. The molecule has 0 aliphatic carbocycles. The molecule has 2 aromatic carbocycles. The van der Waals surface area contributed by atoms with Crippen molar-refractivity contribution >= 4 is 17.9 Å². The van der Waals surface area contributed by atoms with Crippen molar-refractivity contribution < 1.29 is 28.5 Å². The van der Waals surface area contributed by atoms with Gasteiger partial charge in [-0.2, -0.15) is 0 Å². The third-order valence-corrected chi connectivity index (χ3v) is 3.51. The van der Waals surface area contributed by atoms with Crippen LogP contribution in [0.25, 0.3) is 0 Å². The predicted octanol–water partition coefficient (Wildman–Crippen LogP) is 3.32. The number of hydrogen-bond acceptors (Lipinski definition) is 6. The van der Waals surface area contributed by atoms with Gasteiger partial charge in [0.1, 0.15) is 6.29 Å². The highest BCUT2D eigenvalue weighted by molar-refractivity contribution is 5.92. The number of rotatable bonds is 10. The molecule has 0 aromatic heterocycles. The minimum Gasteiger partial charge on any atom is -0.493 e. The van der Waals surface area contributed by atoms with E-state index in [0.29, 0.717) is 53.7 Å². The zero-order valence-electron chi connectivity index (χ0n) is 15.6. The Labute approximate surface area is 158 Å². The summed E-state index contributed by atoms with van der Waals surface area (Å²) < 4.78 is 21.7. The standard InChI is InChI=1S/C20H23NO6/c1-4-25-17-9-7-15(11-19(17)26-5-2)21-20(23)13-27-16-8-6-14(12-22)10-18(16)24-3/h6-12H,4-5,13H2,1-3H3,(H,21,23). The van der Waals surface area contributed by atoms with E-state index >= 15 is 0 Å². The van der Waals surface area contributed by atoms with E-state index < -0.39 is 0 Å². The first-order valence-corrected chi connectivity index (χ1v) is 8.56. The summed E-state index contributed by atoms with van der Waals surface area (Å²) in [4.78, 5) is 23.0. The molecule has 0 aliphatic heterocycles. The van der Waals surface area contributed by atoms with Gasteiger partial charge >= 0.3 is 0 Å². The largest absolute Gasteiger partial charge is 0.493 e. The van der Waals surface area contributed by atoms with E-state index in [4.69, 9.17) is 18.9 Å². The molecule has 0 atom stereocenters. The molecule has 0 fully saturated rings. The van der Waals surface area contributed by atoms with Gasteiger partial charge in [-0.1, -0.05) is 0 Å². The Morgan fingerprint density at radius 2 is 1.59 bits per heavy atom. The summed E-state index contributed by atoms with van der Waals surface area (Å²) in [6, 6.07) is 9.88. The van der Waals surface area contributed by atoms with Crippen molar-refractivity contribution in [1.29, 1.82) is 0 Å². The van der Waals surface area contributed by atoms with E-state index in [0.717, 1.165) is 0 Å². The third kappa shape index (κ3) is 5.64. The highest BCUT2D eigenvalue weighted by Crippen LogP contribution is 2.31.